The first kappa shape index (κ1) is 16.7. The normalized spacial score (nSPS) is 11.7. The predicted octanol–water partition coefficient (Wildman–Crippen LogP) is 5.46. The van der Waals surface area contributed by atoms with Gasteiger partial charge in [0, 0.05) is 5.39 Å². The average molecular weight is 389 g/mol. The summed E-state index contributed by atoms with van der Waals surface area (Å²) in [7, 11) is 0. The van der Waals surface area contributed by atoms with E-state index in [-0.39, 0.29) is 0 Å². The van der Waals surface area contributed by atoms with Crippen LogP contribution in [-0.2, 0) is 6.42 Å². The van der Waals surface area contributed by atoms with E-state index >= 15 is 0 Å². The van der Waals surface area contributed by atoms with Crippen LogP contribution in [0.15, 0.2) is 37.6 Å². The third-order valence-electron chi connectivity index (χ3n) is 3.54. The fourth-order valence-electron chi connectivity index (χ4n) is 2.57. The fraction of sp³-hybridized carbons (Fsp3) is 0.294. The van der Waals surface area contributed by atoms with Crippen molar-refractivity contribution in [3.05, 3.63) is 34.3 Å². The van der Waals surface area contributed by atoms with Crippen molar-refractivity contribution in [2.75, 3.05) is 0 Å². The Labute approximate surface area is 157 Å². The molecule has 0 spiro atoms. The first-order valence-electron chi connectivity index (χ1n) is 7.90. The number of rotatable bonds is 5. The van der Waals surface area contributed by atoms with Gasteiger partial charge >= 0.3 is 0 Å². The van der Waals surface area contributed by atoms with Crippen LogP contribution >= 0.6 is 34.4 Å². The summed E-state index contributed by atoms with van der Waals surface area (Å²) in [5.74, 6) is 1.88. The van der Waals surface area contributed by atoms with Crippen LogP contribution in [-0.4, -0.2) is 20.2 Å². The molecule has 128 valence electrons. The first-order chi connectivity index (χ1) is 12.1. The van der Waals surface area contributed by atoms with Gasteiger partial charge in [-0.3, -0.25) is 0 Å². The van der Waals surface area contributed by atoms with Crippen LogP contribution < -0.4 is 0 Å². The summed E-state index contributed by atoms with van der Waals surface area (Å²) in [5, 5.41) is 15.0. The van der Waals surface area contributed by atoms with E-state index in [1.165, 1.54) is 17.3 Å². The van der Waals surface area contributed by atoms with E-state index in [4.69, 9.17) is 4.42 Å². The molecule has 4 rings (SSSR count). The third-order valence-corrected chi connectivity index (χ3v) is 6.15. The number of aromatic nitrogens is 4. The van der Waals surface area contributed by atoms with Crippen LogP contribution in [0.1, 0.15) is 25.2 Å². The molecule has 0 fully saturated rings. The number of aryl methyl sites for hydroxylation is 1. The van der Waals surface area contributed by atoms with Crippen LogP contribution in [0.4, 0.5) is 0 Å². The van der Waals surface area contributed by atoms with Gasteiger partial charge in [0.1, 0.15) is 15.7 Å². The molecule has 4 aromatic heterocycles. The molecule has 0 aliphatic rings. The molecule has 0 saturated carbocycles. The summed E-state index contributed by atoms with van der Waals surface area (Å²) in [6.45, 7) is 6.35. The van der Waals surface area contributed by atoms with Crippen molar-refractivity contribution < 1.29 is 4.42 Å². The molecule has 8 heteroatoms. The molecule has 0 saturated heterocycles. The molecule has 0 aromatic carbocycles. The molecule has 0 amide bonds. The Morgan fingerprint density at radius 3 is 2.84 bits per heavy atom. The minimum absolute atomic E-state index is 0.504. The van der Waals surface area contributed by atoms with Crippen LogP contribution in [0.2, 0.25) is 0 Å². The van der Waals surface area contributed by atoms with Crippen LogP contribution in [0, 0.1) is 12.8 Å². The van der Waals surface area contributed by atoms with Gasteiger partial charge in [0.2, 0.25) is 0 Å². The molecule has 0 atom stereocenters. The number of fused-ring (bicyclic) bond motifs is 1. The summed E-state index contributed by atoms with van der Waals surface area (Å²) in [6, 6.07) is 3.94. The lowest BCUT2D eigenvalue weighted by Crippen LogP contribution is -1.96. The third kappa shape index (κ3) is 3.47. The molecule has 0 unspecified atom stereocenters. The number of hydrogen-bond acceptors (Lipinski definition) is 8. The summed E-state index contributed by atoms with van der Waals surface area (Å²) in [5.41, 5.74) is 1.29. The zero-order chi connectivity index (χ0) is 17.4. The second kappa shape index (κ2) is 6.86. The van der Waals surface area contributed by atoms with Crippen LogP contribution in [0.25, 0.3) is 21.0 Å². The van der Waals surface area contributed by atoms with Gasteiger partial charge in [0.25, 0.3) is 11.1 Å². The van der Waals surface area contributed by atoms with Crippen molar-refractivity contribution in [1.29, 1.82) is 0 Å². The van der Waals surface area contributed by atoms with Gasteiger partial charge in [0.05, 0.1) is 4.88 Å². The van der Waals surface area contributed by atoms with Crippen molar-refractivity contribution in [2.24, 2.45) is 5.92 Å². The van der Waals surface area contributed by atoms with E-state index in [2.05, 4.69) is 39.4 Å². The van der Waals surface area contributed by atoms with Gasteiger partial charge in [-0.2, -0.15) is 0 Å². The molecular formula is C17H16N4OS3. The van der Waals surface area contributed by atoms with Crippen molar-refractivity contribution in [1.82, 2.24) is 20.2 Å². The highest BCUT2D eigenvalue weighted by Gasteiger charge is 2.18. The molecule has 0 aliphatic carbocycles. The van der Waals surface area contributed by atoms with E-state index in [1.807, 2.05) is 24.4 Å². The van der Waals surface area contributed by atoms with Crippen molar-refractivity contribution >= 4 is 44.7 Å². The van der Waals surface area contributed by atoms with Gasteiger partial charge in [-0.25, -0.2) is 9.97 Å². The molecule has 0 radical (unpaired) electrons. The number of hydrogen-bond donors (Lipinski definition) is 0. The largest absolute Gasteiger partial charge is 0.410 e. The molecule has 25 heavy (non-hydrogen) atoms. The van der Waals surface area contributed by atoms with Crippen LogP contribution in [0.3, 0.4) is 0 Å². The zero-order valence-corrected chi connectivity index (χ0v) is 16.5. The van der Waals surface area contributed by atoms with E-state index in [1.54, 1.807) is 22.7 Å². The summed E-state index contributed by atoms with van der Waals surface area (Å²) < 4.78 is 5.81. The van der Waals surface area contributed by atoms with Crippen molar-refractivity contribution in [3.63, 3.8) is 0 Å². The zero-order valence-electron chi connectivity index (χ0n) is 14.0. The summed E-state index contributed by atoms with van der Waals surface area (Å²) in [6.07, 6.45) is 1.00. The minimum atomic E-state index is 0.504. The van der Waals surface area contributed by atoms with Gasteiger partial charge in [-0.05, 0) is 53.4 Å². The highest BCUT2D eigenvalue weighted by atomic mass is 32.2. The van der Waals surface area contributed by atoms with Gasteiger partial charge in [0.15, 0.2) is 0 Å². The maximum absolute atomic E-state index is 5.81. The Hall–Kier alpha value is -1.77. The van der Waals surface area contributed by atoms with Gasteiger partial charge in [-0.15, -0.1) is 32.9 Å². The lowest BCUT2D eigenvalue weighted by molar-refractivity contribution is 0.466. The Morgan fingerprint density at radius 2 is 2.08 bits per heavy atom. The van der Waals surface area contributed by atoms with E-state index in [0.717, 1.165) is 32.4 Å². The van der Waals surface area contributed by atoms with E-state index in [9.17, 15) is 0 Å². The second-order valence-corrected chi connectivity index (χ2v) is 8.81. The molecular weight excluding hydrogens is 372 g/mol. The summed E-state index contributed by atoms with van der Waals surface area (Å²) in [4.78, 5) is 11.2. The van der Waals surface area contributed by atoms with Crippen molar-refractivity contribution in [3.8, 4) is 10.8 Å². The highest BCUT2D eigenvalue weighted by Crippen LogP contribution is 2.37. The highest BCUT2D eigenvalue weighted by molar-refractivity contribution is 7.99. The Balaban J connectivity index is 1.72. The van der Waals surface area contributed by atoms with Gasteiger partial charge in [-0.1, -0.05) is 19.9 Å². The predicted molar refractivity (Wildman–Crippen MR) is 102 cm³/mol. The Kier molecular flexibility index (Phi) is 4.58. The Morgan fingerprint density at radius 1 is 1.20 bits per heavy atom. The minimum Gasteiger partial charge on any atom is -0.410 e. The molecule has 0 N–H and O–H groups in total. The fourth-order valence-corrected chi connectivity index (χ4v) is 5.15. The maximum Gasteiger partial charge on any atom is 0.283 e. The SMILES string of the molecule is Cc1nc(Sc2nnc(-c3cccs3)o2)c2c(CC(C)C)csc2n1. The monoisotopic (exact) mass is 388 g/mol. The van der Waals surface area contributed by atoms with E-state index < -0.39 is 0 Å². The van der Waals surface area contributed by atoms with Crippen molar-refractivity contribution in [2.45, 2.75) is 37.4 Å². The first-order valence-corrected chi connectivity index (χ1v) is 10.5. The topological polar surface area (TPSA) is 64.7 Å². The Bertz CT molecular complexity index is 1000. The molecule has 4 aromatic rings. The smallest absolute Gasteiger partial charge is 0.283 e. The maximum atomic E-state index is 5.81. The van der Waals surface area contributed by atoms with Gasteiger partial charge < -0.3 is 4.42 Å². The lowest BCUT2D eigenvalue weighted by atomic mass is 10.0. The molecule has 0 bridgehead atoms. The van der Waals surface area contributed by atoms with Crippen LogP contribution in [0.5, 0.6) is 0 Å². The number of thiophene rings is 2. The molecule has 0 aliphatic heterocycles. The van der Waals surface area contributed by atoms with E-state index in [0.29, 0.717) is 17.0 Å². The molecule has 4 heterocycles. The quantitative estimate of drug-likeness (QED) is 0.423. The lowest BCUT2D eigenvalue weighted by Gasteiger charge is -2.06. The molecule has 5 nitrogen and oxygen atoms in total. The average Bonchev–Trinajstić information content (AvgIpc) is 3.27. The standard InChI is InChI=1S/C17H16N4OS3/c1-9(2)7-11-8-24-15-13(11)16(19-10(3)18-15)25-17-21-20-14(22-17)12-5-4-6-23-12/h4-6,8-9H,7H2,1-3H3. The second-order valence-electron chi connectivity index (χ2n) is 6.07. The number of nitrogens with zero attached hydrogens (tertiary/aromatic N) is 4. The summed E-state index contributed by atoms with van der Waals surface area (Å²) >= 11 is 4.67.